The molecule has 0 heterocycles. The van der Waals surface area contributed by atoms with Crippen LogP contribution in [-0.2, 0) is 9.47 Å². The second kappa shape index (κ2) is 11.3. The van der Waals surface area contributed by atoms with Gasteiger partial charge >= 0.3 is 12.2 Å². The normalized spacial score (nSPS) is 11.8. The van der Waals surface area contributed by atoms with Gasteiger partial charge in [-0.05, 0) is 73.9 Å². The Labute approximate surface area is 159 Å². The molecule has 0 aliphatic heterocycles. The highest BCUT2D eigenvalue weighted by Crippen LogP contribution is 2.10. The van der Waals surface area contributed by atoms with Crippen LogP contribution >= 0.6 is 0 Å². The van der Waals surface area contributed by atoms with Crippen LogP contribution in [0.4, 0.5) is 9.59 Å². The summed E-state index contributed by atoms with van der Waals surface area (Å²) in [4.78, 5) is 26.8. The number of amides is 2. The van der Waals surface area contributed by atoms with E-state index in [4.69, 9.17) is 9.47 Å². The molecule has 0 aromatic carbocycles. The van der Waals surface area contributed by atoms with Gasteiger partial charge in [0.1, 0.15) is 11.2 Å². The first-order chi connectivity index (χ1) is 11.8. The van der Waals surface area contributed by atoms with Crippen molar-refractivity contribution in [3.63, 3.8) is 0 Å². The van der Waals surface area contributed by atoms with E-state index in [0.29, 0.717) is 13.1 Å². The fourth-order valence-electron chi connectivity index (χ4n) is 2.03. The number of rotatable bonds is 9. The highest BCUT2D eigenvalue weighted by molar-refractivity contribution is 5.68. The Balaban J connectivity index is 3.68. The summed E-state index contributed by atoms with van der Waals surface area (Å²) in [6, 6.07) is 0. The van der Waals surface area contributed by atoms with Crippen LogP contribution in [0.3, 0.4) is 0 Å². The third kappa shape index (κ3) is 13.8. The lowest BCUT2D eigenvalue weighted by molar-refractivity contribution is 0.0285. The molecule has 0 bridgehead atoms. The van der Waals surface area contributed by atoms with Crippen molar-refractivity contribution in [3.05, 3.63) is 0 Å². The molecule has 0 aliphatic rings. The van der Waals surface area contributed by atoms with Gasteiger partial charge in [-0.15, -0.1) is 0 Å². The number of ether oxygens (including phenoxy) is 2. The third-order valence-corrected chi connectivity index (χ3v) is 3.35. The molecule has 26 heavy (non-hydrogen) atoms. The average Bonchev–Trinajstić information content (AvgIpc) is 2.45. The van der Waals surface area contributed by atoms with Crippen molar-refractivity contribution in [1.29, 1.82) is 0 Å². The fraction of sp³-hybridized carbons (Fsp3) is 0.895. The van der Waals surface area contributed by atoms with Crippen molar-refractivity contribution in [1.82, 2.24) is 15.1 Å². The maximum Gasteiger partial charge on any atom is 0.410 e. The third-order valence-electron chi connectivity index (χ3n) is 3.35. The quantitative estimate of drug-likeness (QED) is 0.627. The van der Waals surface area contributed by atoms with Crippen molar-refractivity contribution in [2.24, 2.45) is 0 Å². The van der Waals surface area contributed by atoms with Gasteiger partial charge in [0.2, 0.25) is 0 Å². The van der Waals surface area contributed by atoms with Crippen LogP contribution in [0.25, 0.3) is 0 Å². The minimum Gasteiger partial charge on any atom is -0.444 e. The van der Waals surface area contributed by atoms with Crippen LogP contribution < -0.4 is 5.32 Å². The molecule has 0 fully saturated rings. The summed E-state index contributed by atoms with van der Waals surface area (Å²) in [7, 11) is 3.51. The number of carbonyl (C=O) groups is 2. The van der Waals surface area contributed by atoms with Crippen molar-refractivity contribution < 1.29 is 19.1 Å². The van der Waals surface area contributed by atoms with E-state index in [2.05, 4.69) is 5.32 Å². The lowest BCUT2D eigenvalue weighted by Crippen LogP contribution is -2.35. The Morgan fingerprint density at radius 3 is 1.54 bits per heavy atom. The number of hydrogen-bond acceptors (Lipinski definition) is 5. The Hall–Kier alpha value is -1.50. The van der Waals surface area contributed by atoms with Crippen molar-refractivity contribution in [2.75, 3.05) is 40.3 Å². The lowest BCUT2D eigenvalue weighted by Gasteiger charge is -2.25. The minimum atomic E-state index is -0.462. The molecule has 0 rings (SSSR count). The summed E-state index contributed by atoms with van der Waals surface area (Å²) < 4.78 is 10.6. The molecule has 0 atom stereocenters. The summed E-state index contributed by atoms with van der Waals surface area (Å²) in [5.41, 5.74) is -0.921. The zero-order valence-corrected chi connectivity index (χ0v) is 18.0. The molecule has 0 radical (unpaired) electrons. The highest BCUT2D eigenvalue weighted by Gasteiger charge is 2.20. The van der Waals surface area contributed by atoms with E-state index in [0.717, 1.165) is 32.4 Å². The first-order valence-electron chi connectivity index (χ1n) is 9.41. The Bertz CT molecular complexity index is 387. The van der Waals surface area contributed by atoms with Crippen molar-refractivity contribution >= 4 is 12.2 Å². The van der Waals surface area contributed by atoms with Crippen LogP contribution in [0.1, 0.15) is 60.8 Å². The van der Waals surface area contributed by atoms with E-state index in [1.807, 2.05) is 41.5 Å². The molecule has 7 nitrogen and oxygen atoms in total. The molecule has 0 aromatic rings. The number of nitrogens with one attached hydrogen (secondary N) is 1. The number of nitrogens with zero attached hydrogens (tertiary/aromatic N) is 2. The lowest BCUT2D eigenvalue weighted by atomic mass is 10.2. The molecule has 0 aliphatic carbocycles. The standard InChI is InChI=1S/C19H39N3O4/c1-18(2,3)25-16(23)21(7)14-10-9-12-20-13-11-15-22(8)17(24)26-19(4,5)6/h20H,9-15H2,1-8H3. The highest BCUT2D eigenvalue weighted by atomic mass is 16.6. The zero-order chi connectivity index (χ0) is 20.4. The number of carbonyl (C=O) groups excluding carboxylic acids is 2. The number of unbranched alkanes of at least 4 members (excludes halogenated alkanes) is 1. The first kappa shape index (κ1) is 24.5. The van der Waals surface area contributed by atoms with E-state index in [1.165, 1.54) is 0 Å². The second-order valence-corrected chi connectivity index (χ2v) is 8.61. The molecular formula is C19H39N3O4. The maximum absolute atomic E-state index is 11.8. The summed E-state index contributed by atoms with van der Waals surface area (Å²) >= 11 is 0. The van der Waals surface area contributed by atoms with Crippen LogP contribution in [0, 0.1) is 0 Å². The molecule has 7 heteroatoms. The van der Waals surface area contributed by atoms with Gasteiger partial charge in [0, 0.05) is 27.2 Å². The topological polar surface area (TPSA) is 71.1 Å². The predicted molar refractivity (Wildman–Crippen MR) is 104 cm³/mol. The van der Waals surface area contributed by atoms with Gasteiger partial charge < -0.3 is 24.6 Å². The monoisotopic (exact) mass is 373 g/mol. The molecule has 0 saturated carbocycles. The van der Waals surface area contributed by atoms with Crippen LogP contribution in [0.5, 0.6) is 0 Å². The minimum absolute atomic E-state index is 0.282. The SMILES string of the molecule is CN(CCCCNCCCN(C)C(=O)OC(C)(C)C)C(=O)OC(C)(C)C. The molecular weight excluding hydrogens is 334 g/mol. The largest absolute Gasteiger partial charge is 0.444 e. The van der Waals surface area contributed by atoms with Crippen LogP contribution in [0.2, 0.25) is 0 Å². The Morgan fingerprint density at radius 1 is 0.731 bits per heavy atom. The van der Waals surface area contributed by atoms with Gasteiger partial charge in [0.05, 0.1) is 0 Å². The molecule has 2 amide bonds. The molecule has 0 unspecified atom stereocenters. The van der Waals surface area contributed by atoms with E-state index in [9.17, 15) is 9.59 Å². The molecule has 1 N–H and O–H groups in total. The Morgan fingerprint density at radius 2 is 1.12 bits per heavy atom. The summed E-state index contributed by atoms with van der Waals surface area (Å²) in [6.45, 7) is 14.2. The van der Waals surface area contributed by atoms with Gasteiger partial charge in [-0.2, -0.15) is 0 Å². The molecule has 0 spiro atoms. The predicted octanol–water partition coefficient (Wildman–Crippen LogP) is 3.48. The maximum atomic E-state index is 11.8. The molecule has 154 valence electrons. The van der Waals surface area contributed by atoms with Crippen molar-refractivity contribution in [3.8, 4) is 0 Å². The first-order valence-corrected chi connectivity index (χ1v) is 9.41. The number of hydrogen-bond donors (Lipinski definition) is 1. The summed E-state index contributed by atoms with van der Waals surface area (Å²) in [5, 5.41) is 3.36. The average molecular weight is 374 g/mol. The Kier molecular flexibility index (Phi) is 10.6. The van der Waals surface area contributed by atoms with Gasteiger partial charge in [0.15, 0.2) is 0 Å². The zero-order valence-electron chi connectivity index (χ0n) is 18.0. The van der Waals surface area contributed by atoms with E-state index >= 15 is 0 Å². The summed E-state index contributed by atoms with van der Waals surface area (Å²) in [6.07, 6.45) is 2.20. The van der Waals surface area contributed by atoms with E-state index < -0.39 is 11.2 Å². The molecule has 0 saturated heterocycles. The van der Waals surface area contributed by atoms with Gasteiger partial charge in [-0.3, -0.25) is 0 Å². The van der Waals surface area contributed by atoms with Gasteiger partial charge in [0.25, 0.3) is 0 Å². The summed E-state index contributed by atoms with van der Waals surface area (Å²) in [5.74, 6) is 0. The van der Waals surface area contributed by atoms with Crippen LogP contribution in [-0.4, -0.2) is 73.5 Å². The van der Waals surface area contributed by atoms with Gasteiger partial charge in [-0.25, -0.2) is 9.59 Å². The van der Waals surface area contributed by atoms with Crippen LogP contribution in [0.15, 0.2) is 0 Å². The second-order valence-electron chi connectivity index (χ2n) is 8.61. The molecule has 0 aromatic heterocycles. The van der Waals surface area contributed by atoms with E-state index in [-0.39, 0.29) is 12.2 Å². The smallest absolute Gasteiger partial charge is 0.410 e. The van der Waals surface area contributed by atoms with Gasteiger partial charge in [-0.1, -0.05) is 0 Å². The fourth-order valence-corrected chi connectivity index (χ4v) is 2.03. The van der Waals surface area contributed by atoms with Crippen molar-refractivity contribution in [2.45, 2.75) is 72.0 Å². The van der Waals surface area contributed by atoms with E-state index in [1.54, 1.807) is 23.9 Å².